The molecule has 1 atom stereocenters. The average Bonchev–Trinajstić information content (AvgIpc) is 2.91. The third-order valence-electron chi connectivity index (χ3n) is 4.09. The molecule has 1 aliphatic heterocycles. The molecular weight excluding hydrogens is 368 g/mol. The largest absolute Gasteiger partial charge is 0.508 e. The zero-order chi connectivity index (χ0) is 19.6. The minimum Gasteiger partial charge on any atom is -0.508 e. The number of hydrogen-bond donors (Lipinski definition) is 2. The number of nitrogens with one attached hydrogen (secondary N) is 1. The number of carbonyl (C=O) groups is 3. The van der Waals surface area contributed by atoms with Gasteiger partial charge >= 0.3 is 0 Å². The van der Waals surface area contributed by atoms with Crippen LogP contribution in [0.15, 0.2) is 42.5 Å². The Morgan fingerprint density at radius 3 is 2.74 bits per heavy atom. The second-order valence-corrected chi connectivity index (χ2v) is 7.15. The van der Waals surface area contributed by atoms with Gasteiger partial charge in [-0.1, -0.05) is 6.07 Å². The van der Waals surface area contributed by atoms with Gasteiger partial charge in [0.25, 0.3) is 5.24 Å². The molecule has 0 aromatic heterocycles. The Bertz CT molecular complexity index is 915. The zero-order valence-electron chi connectivity index (χ0n) is 14.8. The number of amides is 3. The SMILES string of the molecule is COc1cccc(N2C(=O)SC(CC(=O)Nc3ccc(O)cc3C)C2=O)c1. The highest BCUT2D eigenvalue weighted by molar-refractivity contribution is 8.15. The van der Waals surface area contributed by atoms with Crippen molar-refractivity contribution in [3.63, 3.8) is 0 Å². The molecule has 3 amide bonds. The molecule has 1 heterocycles. The van der Waals surface area contributed by atoms with Crippen LogP contribution < -0.4 is 15.0 Å². The fourth-order valence-electron chi connectivity index (χ4n) is 2.73. The summed E-state index contributed by atoms with van der Waals surface area (Å²) >= 11 is 0.831. The fraction of sp³-hybridized carbons (Fsp3) is 0.211. The van der Waals surface area contributed by atoms with Crippen molar-refractivity contribution in [2.24, 2.45) is 0 Å². The number of carbonyl (C=O) groups excluding carboxylic acids is 3. The number of aryl methyl sites for hydroxylation is 1. The molecular formula is C19H18N2O5S. The normalized spacial score (nSPS) is 16.5. The molecule has 27 heavy (non-hydrogen) atoms. The van der Waals surface area contributed by atoms with Gasteiger partial charge < -0.3 is 15.2 Å². The number of hydrogen-bond acceptors (Lipinski definition) is 6. The second-order valence-electron chi connectivity index (χ2n) is 6.00. The van der Waals surface area contributed by atoms with Crippen molar-refractivity contribution in [3.8, 4) is 11.5 Å². The monoisotopic (exact) mass is 386 g/mol. The van der Waals surface area contributed by atoms with E-state index < -0.39 is 16.4 Å². The summed E-state index contributed by atoms with van der Waals surface area (Å²) in [6.07, 6.45) is -0.129. The number of thioether (sulfide) groups is 1. The van der Waals surface area contributed by atoms with Crippen LogP contribution >= 0.6 is 11.8 Å². The Balaban J connectivity index is 1.70. The maximum Gasteiger partial charge on any atom is 0.293 e. The first-order chi connectivity index (χ1) is 12.9. The standard InChI is InChI=1S/C19H18N2O5S/c1-11-8-13(22)6-7-15(11)20-17(23)10-16-18(24)21(19(25)27-16)12-4-3-5-14(9-12)26-2/h3-9,16,22H,10H2,1-2H3,(H,20,23). The Hall–Kier alpha value is -3.00. The van der Waals surface area contributed by atoms with E-state index in [2.05, 4.69) is 5.32 Å². The molecule has 0 bridgehead atoms. The van der Waals surface area contributed by atoms with E-state index in [9.17, 15) is 19.5 Å². The first kappa shape index (κ1) is 18.8. The van der Waals surface area contributed by atoms with Crippen molar-refractivity contribution in [1.29, 1.82) is 0 Å². The number of benzene rings is 2. The predicted octanol–water partition coefficient (Wildman–Crippen LogP) is 3.31. The average molecular weight is 386 g/mol. The highest BCUT2D eigenvalue weighted by Crippen LogP contribution is 2.35. The van der Waals surface area contributed by atoms with Crippen LogP contribution in [0.1, 0.15) is 12.0 Å². The highest BCUT2D eigenvalue weighted by Gasteiger charge is 2.41. The number of rotatable bonds is 5. The highest BCUT2D eigenvalue weighted by atomic mass is 32.2. The summed E-state index contributed by atoms with van der Waals surface area (Å²) in [5, 5.41) is 10.9. The van der Waals surface area contributed by atoms with Crippen LogP contribution in [-0.4, -0.2) is 34.5 Å². The summed E-state index contributed by atoms with van der Waals surface area (Å²) < 4.78 is 5.12. The van der Waals surface area contributed by atoms with Gasteiger partial charge in [0.1, 0.15) is 16.7 Å². The summed E-state index contributed by atoms with van der Waals surface area (Å²) in [5.41, 5.74) is 1.65. The van der Waals surface area contributed by atoms with E-state index in [0.717, 1.165) is 16.7 Å². The van der Waals surface area contributed by atoms with Gasteiger partial charge in [-0.05, 0) is 54.6 Å². The van der Waals surface area contributed by atoms with Gasteiger partial charge in [0, 0.05) is 18.2 Å². The van der Waals surface area contributed by atoms with Gasteiger partial charge in [0.15, 0.2) is 0 Å². The Labute approximate surface area is 160 Å². The van der Waals surface area contributed by atoms with E-state index >= 15 is 0 Å². The maximum atomic E-state index is 12.6. The number of methoxy groups -OCH3 is 1. The van der Waals surface area contributed by atoms with E-state index in [0.29, 0.717) is 22.7 Å². The zero-order valence-corrected chi connectivity index (χ0v) is 15.6. The van der Waals surface area contributed by atoms with E-state index in [-0.39, 0.29) is 18.1 Å². The van der Waals surface area contributed by atoms with Gasteiger partial charge in [-0.3, -0.25) is 14.4 Å². The molecule has 0 spiro atoms. The number of nitrogens with zero attached hydrogens (tertiary/aromatic N) is 1. The first-order valence-electron chi connectivity index (χ1n) is 8.17. The lowest BCUT2D eigenvalue weighted by Gasteiger charge is -2.15. The van der Waals surface area contributed by atoms with Gasteiger partial charge in [-0.2, -0.15) is 0 Å². The number of anilines is 2. The molecule has 2 aromatic carbocycles. The molecule has 2 N–H and O–H groups in total. The van der Waals surface area contributed by atoms with E-state index in [1.165, 1.54) is 19.2 Å². The molecule has 0 aliphatic carbocycles. The molecule has 2 aromatic rings. The Kier molecular flexibility index (Phi) is 5.36. The lowest BCUT2D eigenvalue weighted by molar-refractivity contribution is -0.121. The fourth-order valence-corrected chi connectivity index (χ4v) is 3.71. The minimum absolute atomic E-state index is 0.103. The smallest absolute Gasteiger partial charge is 0.293 e. The third kappa shape index (κ3) is 4.06. The molecule has 1 fully saturated rings. The van der Waals surface area contributed by atoms with E-state index in [4.69, 9.17) is 4.74 Å². The third-order valence-corrected chi connectivity index (χ3v) is 5.12. The number of aromatic hydroxyl groups is 1. The van der Waals surface area contributed by atoms with Crippen molar-refractivity contribution < 1.29 is 24.2 Å². The summed E-state index contributed by atoms with van der Waals surface area (Å²) in [4.78, 5) is 38.3. The maximum absolute atomic E-state index is 12.6. The topological polar surface area (TPSA) is 95.9 Å². The molecule has 7 nitrogen and oxygen atoms in total. The Morgan fingerprint density at radius 1 is 1.26 bits per heavy atom. The van der Waals surface area contributed by atoms with Crippen molar-refractivity contribution in [2.75, 3.05) is 17.3 Å². The molecule has 0 saturated carbocycles. The molecule has 8 heteroatoms. The van der Waals surface area contributed by atoms with Crippen LogP contribution in [0.3, 0.4) is 0 Å². The van der Waals surface area contributed by atoms with Crippen molar-refractivity contribution >= 4 is 40.2 Å². The van der Waals surface area contributed by atoms with Crippen LogP contribution in [0.4, 0.5) is 16.2 Å². The van der Waals surface area contributed by atoms with Crippen LogP contribution in [0.5, 0.6) is 11.5 Å². The number of ether oxygens (including phenoxy) is 1. The van der Waals surface area contributed by atoms with Crippen LogP contribution in [0, 0.1) is 6.92 Å². The van der Waals surface area contributed by atoms with Gasteiger partial charge in [0.05, 0.1) is 12.8 Å². The number of imide groups is 1. The quantitative estimate of drug-likeness (QED) is 0.766. The summed E-state index contributed by atoms with van der Waals surface area (Å²) in [6.45, 7) is 1.75. The summed E-state index contributed by atoms with van der Waals surface area (Å²) in [7, 11) is 1.50. The lowest BCUT2D eigenvalue weighted by atomic mass is 10.1. The molecule has 1 aliphatic rings. The van der Waals surface area contributed by atoms with Crippen molar-refractivity contribution in [2.45, 2.75) is 18.6 Å². The van der Waals surface area contributed by atoms with E-state index in [1.54, 1.807) is 37.3 Å². The second kappa shape index (κ2) is 7.71. The number of phenols is 1. The summed E-state index contributed by atoms with van der Waals surface area (Å²) in [6, 6.07) is 11.2. The lowest BCUT2D eigenvalue weighted by Crippen LogP contribution is -2.33. The predicted molar refractivity (Wildman–Crippen MR) is 103 cm³/mol. The summed E-state index contributed by atoms with van der Waals surface area (Å²) in [5.74, 6) is -0.181. The molecule has 3 rings (SSSR count). The van der Waals surface area contributed by atoms with E-state index in [1.807, 2.05) is 0 Å². The van der Waals surface area contributed by atoms with Gasteiger partial charge in [-0.15, -0.1) is 0 Å². The first-order valence-corrected chi connectivity index (χ1v) is 9.05. The van der Waals surface area contributed by atoms with Crippen LogP contribution in [0.2, 0.25) is 0 Å². The van der Waals surface area contributed by atoms with Gasteiger partial charge in [0.2, 0.25) is 11.8 Å². The molecule has 0 radical (unpaired) electrons. The molecule has 140 valence electrons. The van der Waals surface area contributed by atoms with Gasteiger partial charge in [-0.25, -0.2) is 4.90 Å². The Morgan fingerprint density at radius 2 is 2.04 bits per heavy atom. The minimum atomic E-state index is -0.791. The van der Waals surface area contributed by atoms with Crippen LogP contribution in [0.25, 0.3) is 0 Å². The molecule has 1 saturated heterocycles. The number of phenolic OH excluding ortho intramolecular Hbond substituents is 1. The molecule has 1 unspecified atom stereocenters. The van der Waals surface area contributed by atoms with Crippen molar-refractivity contribution in [3.05, 3.63) is 48.0 Å². The van der Waals surface area contributed by atoms with Crippen molar-refractivity contribution in [1.82, 2.24) is 0 Å². The van der Waals surface area contributed by atoms with Crippen LogP contribution in [-0.2, 0) is 9.59 Å².